The monoisotopic (exact) mass is 412 g/mol. The van der Waals surface area contributed by atoms with Crippen molar-refractivity contribution >= 4 is 17.5 Å². The van der Waals surface area contributed by atoms with Crippen LogP contribution in [-0.2, 0) is 4.79 Å². The highest BCUT2D eigenvalue weighted by Crippen LogP contribution is 2.28. The van der Waals surface area contributed by atoms with Gasteiger partial charge in [0.2, 0.25) is 5.95 Å². The number of carbonyl (C=O) groups is 1. The Bertz CT molecular complexity index is 883. The summed E-state index contributed by atoms with van der Waals surface area (Å²) in [6, 6.07) is 7.93. The number of halogens is 1. The van der Waals surface area contributed by atoms with Gasteiger partial charge < -0.3 is 19.3 Å². The van der Waals surface area contributed by atoms with Crippen LogP contribution in [0.5, 0.6) is 5.75 Å². The lowest BCUT2D eigenvalue weighted by atomic mass is 9.96. The number of benzene rings is 1. The van der Waals surface area contributed by atoms with E-state index < -0.39 is 0 Å². The van der Waals surface area contributed by atoms with Gasteiger partial charge in [-0.2, -0.15) is 4.98 Å². The first-order valence-electron chi connectivity index (χ1n) is 10.8. The molecule has 0 amide bonds. The van der Waals surface area contributed by atoms with E-state index in [2.05, 4.69) is 21.8 Å². The van der Waals surface area contributed by atoms with Crippen LogP contribution in [0.4, 0.5) is 16.2 Å². The Morgan fingerprint density at radius 2 is 1.93 bits per heavy atom. The Hall–Kier alpha value is -2.70. The van der Waals surface area contributed by atoms with Crippen LogP contribution in [-0.4, -0.2) is 48.0 Å². The summed E-state index contributed by atoms with van der Waals surface area (Å²) >= 11 is 0. The van der Waals surface area contributed by atoms with Crippen molar-refractivity contribution in [2.45, 2.75) is 51.6 Å². The maximum absolute atomic E-state index is 14.4. The molecule has 4 rings (SSSR count). The summed E-state index contributed by atoms with van der Waals surface area (Å²) < 4.78 is 20.6. The number of carbonyl (C=O) groups excluding carboxylic acids is 1. The Labute approximate surface area is 177 Å². The van der Waals surface area contributed by atoms with E-state index in [1.165, 1.54) is 6.20 Å². The summed E-state index contributed by atoms with van der Waals surface area (Å²) in [4.78, 5) is 24.1. The van der Waals surface area contributed by atoms with Crippen molar-refractivity contribution in [2.75, 3.05) is 36.0 Å². The zero-order valence-electron chi connectivity index (χ0n) is 17.7. The average Bonchev–Trinajstić information content (AvgIpc) is 3.41. The second-order valence-electron chi connectivity index (χ2n) is 8.39. The van der Waals surface area contributed by atoms with Gasteiger partial charge in [0.25, 0.3) is 0 Å². The summed E-state index contributed by atoms with van der Waals surface area (Å²) in [5, 5.41) is 0. The van der Waals surface area contributed by atoms with E-state index in [1.54, 1.807) is 6.92 Å². The average molecular weight is 413 g/mol. The van der Waals surface area contributed by atoms with E-state index in [4.69, 9.17) is 4.74 Å². The number of hydrogen-bond donors (Lipinski definition) is 0. The second-order valence-corrected chi connectivity index (χ2v) is 8.39. The first-order chi connectivity index (χ1) is 14.5. The number of ether oxygens (including phenoxy) is 1. The highest BCUT2D eigenvalue weighted by atomic mass is 19.1. The summed E-state index contributed by atoms with van der Waals surface area (Å²) in [6.07, 6.45) is 4.87. The largest absolute Gasteiger partial charge is 0.489 e. The predicted molar refractivity (Wildman–Crippen MR) is 115 cm³/mol. The molecule has 0 radical (unpaired) electrons. The lowest BCUT2D eigenvalue weighted by molar-refractivity contribution is -0.117. The maximum atomic E-state index is 14.4. The molecule has 0 saturated carbocycles. The zero-order valence-corrected chi connectivity index (χ0v) is 17.7. The first kappa shape index (κ1) is 20.6. The van der Waals surface area contributed by atoms with Crippen LogP contribution in [0.25, 0.3) is 0 Å². The maximum Gasteiger partial charge on any atom is 0.227 e. The third-order valence-electron chi connectivity index (χ3n) is 5.89. The van der Waals surface area contributed by atoms with Crippen molar-refractivity contribution in [3.63, 3.8) is 0 Å². The third-order valence-corrected chi connectivity index (χ3v) is 5.89. The normalized spacial score (nSPS) is 19.9. The van der Waals surface area contributed by atoms with Crippen LogP contribution in [0.15, 0.2) is 30.5 Å². The van der Waals surface area contributed by atoms with Crippen LogP contribution in [0.1, 0.15) is 51.0 Å². The molecule has 1 aromatic carbocycles. The number of ketones is 1. The molecule has 2 aliphatic heterocycles. The number of anilines is 2. The molecule has 0 bridgehead atoms. The van der Waals surface area contributed by atoms with Gasteiger partial charge in [-0.3, -0.25) is 0 Å². The van der Waals surface area contributed by atoms with Crippen molar-refractivity contribution in [2.24, 2.45) is 0 Å². The van der Waals surface area contributed by atoms with E-state index in [1.807, 2.05) is 29.2 Å². The standard InChI is InChI=1S/C23H29FN4O2/c1-16(13-17(2)29)18-5-7-19(8-6-18)30-20-9-12-28(15-20)22-21(24)14-25-23(26-22)27-10-3-4-11-27/h5-8,14,16,20H,3-4,9-13,15H2,1-2H3/t16-,20-/m1/s1. The Balaban J connectivity index is 1.38. The Morgan fingerprint density at radius 3 is 2.63 bits per heavy atom. The fraction of sp³-hybridized carbons (Fsp3) is 0.522. The van der Waals surface area contributed by atoms with Gasteiger partial charge in [0.15, 0.2) is 11.6 Å². The minimum absolute atomic E-state index is 0.0184. The molecule has 3 heterocycles. The molecule has 7 heteroatoms. The summed E-state index contributed by atoms with van der Waals surface area (Å²) in [5.74, 6) is 1.78. The molecular weight excluding hydrogens is 383 g/mol. The summed E-state index contributed by atoms with van der Waals surface area (Å²) in [6.45, 7) is 6.82. The van der Waals surface area contributed by atoms with Crippen LogP contribution < -0.4 is 14.5 Å². The van der Waals surface area contributed by atoms with E-state index in [0.29, 0.717) is 31.3 Å². The van der Waals surface area contributed by atoms with Gasteiger partial charge in [-0.05, 0) is 43.4 Å². The van der Waals surface area contributed by atoms with E-state index in [9.17, 15) is 9.18 Å². The molecule has 0 spiro atoms. The molecule has 2 aromatic rings. The van der Waals surface area contributed by atoms with Crippen LogP contribution in [0, 0.1) is 5.82 Å². The van der Waals surface area contributed by atoms with Crippen molar-refractivity contribution < 1.29 is 13.9 Å². The first-order valence-corrected chi connectivity index (χ1v) is 10.8. The molecule has 1 aromatic heterocycles. The van der Waals surface area contributed by atoms with Crippen molar-refractivity contribution in [3.8, 4) is 5.75 Å². The molecule has 0 aliphatic carbocycles. The smallest absolute Gasteiger partial charge is 0.227 e. The van der Waals surface area contributed by atoms with Gasteiger partial charge in [0.05, 0.1) is 12.7 Å². The molecule has 2 atom stereocenters. The second kappa shape index (κ2) is 8.98. The fourth-order valence-corrected chi connectivity index (χ4v) is 4.27. The molecule has 6 nitrogen and oxygen atoms in total. The highest BCUT2D eigenvalue weighted by Gasteiger charge is 2.28. The number of Topliss-reactive ketones (excluding diaryl/α,β-unsaturated/α-hetero) is 1. The van der Waals surface area contributed by atoms with Gasteiger partial charge in [0, 0.05) is 32.5 Å². The van der Waals surface area contributed by atoms with Gasteiger partial charge in [-0.15, -0.1) is 0 Å². The number of aromatic nitrogens is 2. The van der Waals surface area contributed by atoms with E-state index >= 15 is 0 Å². The molecule has 160 valence electrons. The highest BCUT2D eigenvalue weighted by molar-refractivity contribution is 5.76. The van der Waals surface area contributed by atoms with Crippen molar-refractivity contribution in [3.05, 3.63) is 41.8 Å². The van der Waals surface area contributed by atoms with E-state index in [-0.39, 0.29) is 23.6 Å². The minimum atomic E-state index is -0.387. The lowest BCUT2D eigenvalue weighted by Gasteiger charge is -2.21. The number of rotatable bonds is 7. The molecule has 2 aliphatic rings. The van der Waals surface area contributed by atoms with Crippen LogP contribution in [0.2, 0.25) is 0 Å². The van der Waals surface area contributed by atoms with Crippen molar-refractivity contribution in [1.29, 1.82) is 0 Å². The molecule has 2 fully saturated rings. The van der Waals surface area contributed by atoms with Gasteiger partial charge in [-0.25, -0.2) is 9.37 Å². The fourth-order valence-electron chi connectivity index (χ4n) is 4.27. The van der Waals surface area contributed by atoms with Crippen molar-refractivity contribution in [1.82, 2.24) is 9.97 Å². The van der Waals surface area contributed by atoms with Crippen LogP contribution >= 0.6 is 0 Å². The number of hydrogen-bond acceptors (Lipinski definition) is 6. The van der Waals surface area contributed by atoms with Gasteiger partial charge >= 0.3 is 0 Å². The molecule has 0 unspecified atom stereocenters. The zero-order chi connectivity index (χ0) is 21.1. The summed E-state index contributed by atoms with van der Waals surface area (Å²) in [7, 11) is 0. The molecular formula is C23H29FN4O2. The molecule has 30 heavy (non-hydrogen) atoms. The topological polar surface area (TPSA) is 58.6 Å². The molecule has 2 saturated heterocycles. The third kappa shape index (κ3) is 4.71. The predicted octanol–water partition coefficient (Wildman–Crippen LogP) is 3.96. The SMILES string of the molecule is CC(=O)C[C@@H](C)c1ccc(O[C@@H]2CCN(c3nc(N4CCCC4)ncc3F)C2)cc1. The van der Waals surface area contributed by atoms with Crippen LogP contribution in [0.3, 0.4) is 0 Å². The minimum Gasteiger partial charge on any atom is -0.489 e. The lowest BCUT2D eigenvalue weighted by Crippen LogP contribution is -2.28. The van der Waals surface area contributed by atoms with Gasteiger partial charge in [-0.1, -0.05) is 19.1 Å². The quantitative estimate of drug-likeness (QED) is 0.686. The molecule has 0 N–H and O–H groups in total. The van der Waals surface area contributed by atoms with E-state index in [0.717, 1.165) is 43.7 Å². The Morgan fingerprint density at radius 1 is 1.20 bits per heavy atom. The number of nitrogens with zero attached hydrogens (tertiary/aromatic N) is 4. The van der Waals surface area contributed by atoms with Gasteiger partial charge in [0.1, 0.15) is 17.6 Å². The summed E-state index contributed by atoms with van der Waals surface area (Å²) in [5.41, 5.74) is 1.13. The Kier molecular flexibility index (Phi) is 6.16.